The zero-order chi connectivity index (χ0) is 11.8. The zero-order valence-electron chi connectivity index (χ0n) is 9.92. The van der Waals surface area contributed by atoms with E-state index >= 15 is 0 Å². The molecule has 1 aromatic rings. The largest absolute Gasteiger partial charge is 0.481 e. The summed E-state index contributed by atoms with van der Waals surface area (Å²) < 4.78 is 0. The molecule has 0 amide bonds. The Kier molecular flexibility index (Phi) is 2.75. The molecule has 0 aliphatic heterocycles. The van der Waals surface area contributed by atoms with Crippen molar-refractivity contribution in [1.29, 1.82) is 0 Å². The van der Waals surface area contributed by atoms with E-state index in [4.69, 9.17) is 0 Å². The third kappa shape index (κ3) is 1.73. The van der Waals surface area contributed by atoms with Crippen LogP contribution in [-0.2, 0) is 24.1 Å². The smallest absolute Gasteiger partial charge is 0.309 e. The zero-order valence-corrected chi connectivity index (χ0v) is 9.92. The Morgan fingerprint density at radius 2 is 2.25 bits per heavy atom. The van der Waals surface area contributed by atoms with E-state index in [9.17, 15) is 9.90 Å². The van der Waals surface area contributed by atoms with Crippen LogP contribution in [0.1, 0.15) is 37.0 Å². The van der Waals surface area contributed by atoms with Crippen molar-refractivity contribution in [3.05, 3.63) is 34.9 Å². The molecular weight excluding hydrogens is 200 g/mol. The molecule has 2 heteroatoms. The summed E-state index contributed by atoms with van der Waals surface area (Å²) in [6.45, 7) is 4.01. The van der Waals surface area contributed by atoms with Crippen molar-refractivity contribution in [2.24, 2.45) is 5.41 Å². The van der Waals surface area contributed by atoms with Crippen molar-refractivity contribution in [2.75, 3.05) is 0 Å². The van der Waals surface area contributed by atoms with Crippen molar-refractivity contribution in [2.45, 2.75) is 39.5 Å². The number of fused-ring (bicyclic) bond motifs is 1. The predicted molar refractivity (Wildman–Crippen MR) is 63.6 cm³/mol. The monoisotopic (exact) mass is 218 g/mol. The fraction of sp³-hybridized carbons (Fsp3) is 0.500. The molecule has 0 radical (unpaired) electrons. The van der Waals surface area contributed by atoms with Gasteiger partial charge in [-0.25, -0.2) is 0 Å². The molecule has 0 fully saturated rings. The van der Waals surface area contributed by atoms with Crippen molar-refractivity contribution in [3.8, 4) is 0 Å². The summed E-state index contributed by atoms with van der Waals surface area (Å²) in [6, 6.07) is 6.28. The molecule has 1 N–H and O–H groups in total. The number of hydrogen-bond acceptors (Lipinski definition) is 1. The molecular formula is C14H18O2. The number of aryl methyl sites for hydroxylation is 1. The molecule has 1 aromatic carbocycles. The highest BCUT2D eigenvalue weighted by molar-refractivity contribution is 5.75. The first kappa shape index (κ1) is 11.2. The normalized spacial score (nSPS) is 23.9. The lowest BCUT2D eigenvalue weighted by Gasteiger charge is -2.32. The number of carboxylic acids is 1. The Morgan fingerprint density at radius 1 is 1.50 bits per heavy atom. The van der Waals surface area contributed by atoms with Crippen LogP contribution in [0, 0.1) is 5.41 Å². The van der Waals surface area contributed by atoms with Crippen LogP contribution >= 0.6 is 0 Å². The summed E-state index contributed by atoms with van der Waals surface area (Å²) in [4.78, 5) is 11.2. The Balaban J connectivity index is 2.39. The molecule has 0 aromatic heterocycles. The molecule has 1 aliphatic carbocycles. The van der Waals surface area contributed by atoms with Crippen LogP contribution in [0.25, 0.3) is 0 Å². The Labute approximate surface area is 96.3 Å². The molecule has 86 valence electrons. The summed E-state index contributed by atoms with van der Waals surface area (Å²) >= 11 is 0. The van der Waals surface area contributed by atoms with Gasteiger partial charge in [0.1, 0.15) is 0 Å². The van der Waals surface area contributed by atoms with Crippen LogP contribution in [0.15, 0.2) is 18.2 Å². The second-order valence-electron chi connectivity index (χ2n) is 4.95. The standard InChI is InChI=1S/C14H18O2/c1-3-10-5-4-6-11-9-14(2,13(15)16)8-7-12(10)11/h4-6H,3,7-9H2,1-2H3,(H,15,16). The lowest BCUT2D eigenvalue weighted by Crippen LogP contribution is -2.34. The maximum absolute atomic E-state index is 11.2. The minimum Gasteiger partial charge on any atom is -0.481 e. The topological polar surface area (TPSA) is 37.3 Å². The molecule has 16 heavy (non-hydrogen) atoms. The van der Waals surface area contributed by atoms with Gasteiger partial charge in [0.15, 0.2) is 0 Å². The van der Waals surface area contributed by atoms with Crippen molar-refractivity contribution in [3.63, 3.8) is 0 Å². The van der Waals surface area contributed by atoms with Gasteiger partial charge >= 0.3 is 5.97 Å². The van der Waals surface area contributed by atoms with E-state index in [0.29, 0.717) is 6.42 Å². The minimum absolute atomic E-state index is 0.570. The number of rotatable bonds is 2. The van der Waals surface area contributed by atoms with E-state index in [1.54, 1.807) is 0 Å². The lowest BCUT2D eigenvalue weighted by atomic mass is 9.72. The highest BCUT2D eigenvalue weighted by atomic mass is 16.4. The van der Waals surface area contributed by atoms with Crippen LogP contribution in [-0.4, -0.2) is 11.1 Å². The van der Waals surface area contributed by atoms with Crippen LogP contribution in [0.3, 0.4) is 0 Å². The molecule has 2 rings (SSSR count). The van der Waals surface area contributed by atoms with E-state index < -0.39 is 11.4 Å². The van der Waals surface area contributed by atoms with Gasteiger partial charge in [-0.1, -0.05) is 25.1 Å². The first-order valence-corrected chi connectivity index (χ1v) is 5.90. The van der Waals surface area contributed by atoms with Crippen molar-refractivity contribution >= 4 is 5.97 Å². The number of carboxylic acid groups (broad SMARTS) is 1. The van der Waals surface area contributed by atoms with E-state index in [1.807, 2.05) is 13.0 Å². The van der Waals surface area contributed by atoms with Crippen LogP contribution in [0.4, 0.5) is 0 Å². The van der Waals surface area contributed by atoms with Gasteiger partial charge in [0.2, 0.25) is 0 Å². The van der Waals surface area contributed by atoms with Crippen LogP contribution in [0.2, 0.25) is 0 Å². The summed E-state index contributed by atoms with van der Waals surface area (Å²) in [7, 11) is 0. The molecule has 1 atom stereocenters. The lowest BCUT2D eigenvalue weighted by molar-refractivity contribution is -0.148. The Bertz CT molecular complexity index is 423. The van der Waals surface area contributed by atoms with Gasteiger partial charge in [0.05, 0.1) is 5.41 Å². The van der Waals surface area contributed by atoms with E-state index in [-0.39, 0.29) is 0 Å². The number of hydrogen-bond donors (Lipinski definition) is 1. The summed E-state index contributed by atoms with van der Waals surface area (Å²) in [6.07, 6.45) is 3.37. The average molecular weight is 218 g/mol. The van der Waals surface area contributed by atoms with Crippen molar-refractivity contribution in [1.82, 2.24) is 0 Å². The molecule has 0 heterocycles. The summed E-state index contributed by atoms with van der Waals surface area (Å²) in [5.41, 5.74) is 3.43. The predicted octanol–water partition coefficient (Wildman–Crippen LogP) is 2.83. The molecule has 1 unspecified atom stereocenters. The fourth-order valence-electron chi connectivity index (χ4n) is 2.60. The maximum atomic E-state index is 11.2. The van der Waals surface area contributed by atoms with Gasteiger partial charge in [-0.3, -0.25) is 4.79 Å². The van der Waals surface area contributed by atoms with Crippen LogP contribution in [0.5, 0.6) is 0 Å². The molecule has 0 saturated heterocycles. The van der Waals surface area contributed by atoms with E-state index in [0.717, 1.165) is 19.3 Å². The van der Waals surface area contributed by atoms with Crippen molar-refractivity contribution < 1.29 is 9.90 Å². The van der Waals surface area contributed by atoms with Gasteiger partial charge in [0.25, 0.3) is 0 Å². The van der Waals surface area contributed by atoms with E-state index in [2.05, 4.69) is 19.1 Å². The van der Waals surface area contributed by atoms with E-state index in [1.165, 1.54) is 16.7 Å². The van der Waals surface area contributed by atoms with Gasteiger partial charge < -0.3 is 5.11 Å². The molecule has 0 saturated carbocycles. The summed E-state index contributed by atoms with van der Waals surface area (Å²) in [5, 5.41) is 9.25. The highest BCUT2D eigenvalue weighted by Gasteiger charge is 2.37. The number of aliphatic carboxylic acids is 1. The third-order valence-electron chi connectivity index (χ3n) is 3.77. The van der Waals surface area contributed by atoms with Gasteiger partial charge in [-0.2, -0.15) is 0 Å². The Morgan fingerprint density at radius 3 is 2.88 bits per heavy atom. The first-order chi connectivity index (χ1) is 7.57. The highest BCUT2D eigenvalue weighted by Crippen LogP contribution is 2.36. The Hall–Kier alpha value is -1.31. The molecule has 0 spiro atoms. The second-order valence-corrected chi connectivity index (χ2v) is 4.95. The van der Waals surface area contributed by atoms with Crippen LogP contribution < -0.4 is 0 Å². The molecule has 1 aliphatic rings. The quantitative estimate of drug-likeness (QED) is 0.828. The second kappa shape index (κ2) is 3.93. The molecule has 0 bridgehead atoms. The summed E-state index contributed by atoms with van der Waals surface area (Å²) in [5.74, 6) is -0.667. The third-order valence-corrected chi connectivity index (χ3v) is 3.77. The minimum atomic E-state index is -0.667. The first-order valence-electron chi connectivity index (χ1n) is 5.90. The molecule has 2 nitrogen and oxygen atoms in total. The number of carbonyl (C=O) groups is 1. The van der Waals surface area contributed by atoms with Gasteiger partial charge in [-0.15, -0.1) is 0 Å². The SMILES string of the molecule is CCc1cccc2c1CCC(C)(C(=O)O)C2. The van der Waals surface area contributed by atoms with Gasteiger partial charge in [-0.05, 0) is 49.3 Å². The average Bonchev–Trinajstić information content (AvgIpc) is 2.27. The van der Waals surface area contributed by atoms with Gasteiger partial charge in [0, 0.05) is 0 Å². The maximum Gasteiger partial charge on any atom is 0.309 e. The number of benzene rings is 1. The fourth-order valence-corrected chi connectivity index (χ4v) is 2.60.